The summed E-state index contributed by atoms with van der Waals surface area (Å²) in [5, 5.41) is 3.35. The van der Waals surface area contributed by atoms with Gasteiger partial charge in [-0.3, -0.25) is 0 Å². The van der Waals surface area contributed by atoms with Gasteiger partial charge in [-0.25, -0.2) is 4.39 Å². The lowest BCUT2D eigenvalue weighted by atomic mass is 9.79. The number of anilines is 1. The van der Waals surface area contributed by atoms with Crippen molar-refractivity contribution in [2.75, 3.05) is 5.32 Å². The van der Waals surface area contributed by atoms with Gasteiger partial charge in [0.2, 0.25) is 0 Å². The van der Waals surface area contributed by atoms with Crippen LogP contribution in [0.15, 0.2) is 18.2 Å². The normalized spacial score (nSPS) is 29.5. The summed E-state index contributed by atoms with van der Waals surface area (Å²) in [6.07, 6.45) is 2.09. The van der Waals surface area contributed by atoms with Crippen LogP contribution in [0.1, 0.15) is 45.1 Å². The van der Waals surface area contributed by atoms with E-state index in [9.17, 15) is 4.39 Å². The molecule has 1 aromatic carbocycles. The van der Waals surface area contributed by atoms with E-state index in [-0.39, 0.29) is 11.4 Å². The highest BCUT2D eigenvalue weighted by Gasteiger charge is 2.32. The van der Waals surface area contributed by atoms with E-state index in [1.165, 1.54) is 6.07 Å². The zero-order valence-electron chi connectivity index (χ0n) is 9.60. The zero-order chi connectivity index (χ0) is 11.1. The molecule has 82 valence electrons. The highest BCUT2D eigenvalue weighted by atomic mass is 19.1. The average Bonchev–Trinajstić information content (AvgIpc) is 2.20. The molecule has 0 aromatic heterocycles. The maximum atomic E-state index is 13.7. The van der Waals surface area contributed by atoms with E-state index in [2.05, 4.69) is 26.1 Å². The first-order valence-electron chi connectivity index (χ1n) is 5.62. The molecule has 0 aliphatic carbocycles. The number of rotatable bonds is 1. The van der Waals surface area contributed by atoms with Crippen molar-refractivity contribution in [3.8, 4) is 0 Å². The van der Waals surface area contributed by atoms with Crippen LogP contribution in [0, 0.1) is 5.82 Å². The first kappa shape index (κ1) is 10.5. The Kier molecular flexibility index (Phi) is 2.45. The first-order chi connectivity index (χ1) is 7.06. The van der Waals surface area contributed by atoms with Gasteiger partial charge in [0.1, 0.15) is 5.82 Å². The molecule has 0 fully saturated rings. The minimum Gasteiger partial charge on any atom is -0.377 e. The summed E-state index contributed by atoms with van der Waals surface area (Å²) < 4.78 is 13.7. The number of para-hydroxylation sites is 1. The first-order valence-corrected chi connectivity index (χ1v) is 5.62. The van der Waals surface area contributed by atoms with Crippen LogP contribution in [0.5, 0.6) is 0 Å². The lowest BCUT2D eigenvalue weighted by Gasteiger charge is -2.39. The number of nitrogens with one attached hydrogen (secondary N) is 1. The van der Waals surface area contributed by atoms with Crippen LogP contribution in [-0.2, 0) is 0 Å². The Hall–Kier alpha value is -1.05. The number of hydrogen-bond acceptors (Lipinski definition) is 1. The van der Waals surface area contributed by atoms with Gasteiger partial charge in [0, 0.05) is 5.54 Å². The Morgan fingerprint density at radius 2 is 2.27 bits per heavy atom. The molecule has 2 atom stereocenters. The molecule has 15 heavy (non-hydrogen) atoms. The van der Waals surface area contributed by atoms with Gasteiger partial charge in [-0.1, -0.05) is 26.0 Å². The van der Waals surface area contributed by atoms with E-state index in [0.29, 0.717) is 11.6 Å². The van der Waals surface area contributed by atoms with Crippen LogP contribution >= 0.6 is 0 Å². The Labute approximate surface area is 90.7 Å². The standard InChI is InChI=1S/C13H18FN/c1-4-13(3)8-9(2)10-6-5-7-11(14)12(10)15-13/h5-7,9,15H,4,8H2,1-3H3. The molecule has 0 spiro atoms. The maximum Gasteiger partial charge on any atom is 0.146 e. The third kappa shape index (κ3) is 1.73. The minimum atomic E-state index is -0.126. The maximum absolute atomic E-state index is 13.7. The number of hydrogen-bond donors (Lipinski definition) is 1. The summed E-state index contributed by atoms with van der Waals surface area (Å²) in [5.74, 6) is 0.306. The Morgan fingerprint density at radius 1 is 1.53 bits per heavy atom. The summed E-state index contributed by atoms with van der Waals surface area (Å²) in [6, 6.07) is 5.34. The fourth-order valence-corrected chi connectivity index (χ4v) is 2.45. The molecule has 1 nitrogen and oxygen atoms in total. The summed E-state index contributed by atoms with van der Waals surface area (Å²) in [4.78, 5) is 0. The van der Waals surface area contributed by atoms with E-state index in [1.807, 2.05) is 6.07 Å². The van der Waals surface area contributed by atoms with Gasteiger partial charge in [0.15, 0.2) is 0 Å². The summed E-state index contributed by atoms with van der Waals surface area (Å²) in [5.41, 5.74) is 1.86. The minimum absolute atomic E-state index is 0.0363. The van der Waals surface area contributed by atoms with Gasteiger partial charge in [0.05, 0.1) is 5.69 Å². The van der Waals surface area contributed by atoms with Crippen LogP contribution in [0.3, 0.4) is 0 Å². The molecule has 0 amide bonds. The second-order valence-corrected chi connectivity index (χ2v) is 4.85. The monoisotopic (exact) mass is 207 g/mol. The quantitative estimate of drug-likeness (QED) is 0.736. The second kappa shape index (κ2) is 3.51. The van der Waals surface area contributed by atoms with Crippen molar-refractivity contribution in [1.29, 1.82) is 0 Å². The zero-order valence-corrected chi connectivity index (χ0v) is 9.60. The molecular formula is C13H18FN. The average molecular weight is 207 g/mol. The molecular weight excluding hydrogens is 189 g/mol. The number of halogens is 1. The van der Waals surface area contributed by atoms with Crippen LogP contribution in [0.25, 0.3) is 0 Å². The molecule has 0 bridgehead atoms. The molecule has 1 heterocycles. The third-order valence-corrected chi connectivity index (χ3v) is 3.54. The van der Waals surface area contributed by atoms with Crippen LogP contribution in [0.4, 0.5) is 10.1 Å². The largest absolute Gasteiger partial charge is 0.377 e. The van der Waals surface area contributed by atoms with Crippen molar-refractivity contribution in [3.05, 3.63) is 29.6 Å². The lowest BCUT2D eigenvalue weighted by molar-refractivity contribution is 0.402. The second-order valence-electron chi connectivity index (χ2n) is 4.85. The highest BCUT2D eigenvalue weighted by Crippen LogP contribution is 2.40. The lowest BCUT2D eigenvalue weighted by Crippen LogP contribution is -2.39. The van der Waals surface area contributed by atoms with E-state index < -0.39 is 0 Å². The van der Waals surface area contributed by atoms with Crippen molar-refractivity contribution >= 4 is 5.69 Å². The summed E-state index contributed by atoms with van der Waals surface area (Å²) in [7, 11) is 0. The SMILES string of the molecule is CCC1(C)CC(C)c2cccc(F)c2N1. The number of benzene rings is 1. The van der Waals surface area contributed by atoms with Crippen LogP contribution < -0.4 is 5.32 Å². The molecule has 0 radical (unpaired) electrons. The Morgan fingerprint density at radius 3 is 2.93 bits per heavy atom. The number of fused-ring (bicyclic) bond motifs is 1. The predicted octanol–water partition coefficient (Wildman–Crippen LogP) is 3.91. The fraction of sp³-hybridized carbons (Fsp3) is 0.538. The molecule has 0 saturated heterocycles. The molecule has 1 aliphatic rings. The van der Waals surface area contributed by atoms with Gasteiger partial charge >= 0.3 is 0 Å². The summed E-state index contributed by atoms with van der Waals surface area (Å²) >= 11 is 0. The van der Waals surface area contributed by atoms with E-state index in [1.54, 1.807) is 6.07 Å². The fourth-order valence-electron chi connectivity index (χ4n) is 2.45. The van der Waals surface area contributed by atoms with Crippen molar-refractivity contribution in [1.82, 2.24) is 0 Å². The smallest absolute Gasteiger partial charge is 0.146 e. The van der Waals surface area contributed by atoms with Gasteiger partial charge in [-0.2, -0.15) is 0 Å². The van der Waals surface area contributed by atoms with Crippen LogP contribution in [-0.4, -0.2) is 5.54 Å². The Bertz CT molecular complexity index is 375. The van der Waals surface area contributed by atoms with Crippen molar-refractivity contribution in [2.24, 2.45) is 0 Å². The van der Waals surface area contributed by atoms with Crippen molar-refractivity contribution in [2.45, 2.75) is 45.1 Å². The topological polar surface area (TPSA) is 12.0 Å². The van der Waals surface area contributed by atoms with E-state index in [4.69, 9.17) is 0 Å². The highest BCUT2D eigenvalue weighted by molar-refractivity contribution is 5.57. The Balaban J connectivity index is 2.46. The molecule has 2 heteroatoms. The molecule has 1 aliphatic heterocycles. The van der Waals surface area contributed by atoms with Gasteiger partial charge in [0.25, 0.3) is 0 Å². The molecule has 2 unspecified atom stereocenters. The molecule has 2 rings (SSSR count). The third-order valence-electron chi connectivity index (χ3n) is 3.54. The van der Waals surface area contributed by atoms with Gasteiger partial charge in [-0.05, 0) is 37.3 Å². The van der Waals surface area contributed by atoms with Crippen molar-refractivity contribution in [3.63, 3.8) is 0 Å². The van der Waals surface area contributed by atoms with E-state index in [0.717, 1.165) is 18.4 Å². The van der Waals surface area contributed by atoms with Gasteiger partial charge < -0.3 is 5.32 Å². The molecule has 1 N–H and O–H groups in total. The van der Waals surface area contributed by atoms with Crippen LogP contribution in [0.2, 0.25) is 0 Å². The van der Waals surface area contributed by atoms with E-state index >= 15 is 0 Å². The molecule has 1 aromatic rings. The van der Waals surface area contributed by atoms with Crippen molar-refractivity contribution < 1.29 is 4.39 Å². The summed E-state index contributed by atoms with van der Waals surface area (Å²) in [6.45, 7) is 6.48. The van der Waals surface area contributed by atoms with Gasteiger partial charge in [-0.15, -0.1) is 0 Å². The molecule has 0 saturated carbocycles. The predicted molar refractivity (Wildman–Crippen MR) is 61.8 cm³/mol.